The fourth-order valence-electron chi connectivity index (χ4n) is 1.83. The van der Waals surface area contributed by atoms with Gasteiger partial charge in [-0.3, -0.25) is 4.79 Å². The minimum atomic E-state index is -0.629. The molecule has 2 rings (SSSR count). The summed E-state index contributed by atoms with van der Waals surface area (Å²) in [5.41, 5.74) is 0.412. The Bertz CT molecular complexity index is 763. The van der Waals surface area contributed by atoms with Crippen molar-refractivity contribution in [3.05, 3.63) is 65.5 Å². The maximum absolute atomic E-state index is 13.6. The van der Waals surface area contributed by atoms with Crippen molar-refractivity contribution in [2.24, 2.45) is 0 Å². The van der Waals surface area contributed by atoms with Gasteiger partial charge in [-0.15, -0.1) is 0 Å². The van der Waals surface area contributed by atoms with E-state index in [1.165, 1.54) is 31.4 Å². The van der Waals surface area contributed by atoms with Gasteiger partial charge >= 0.3 is 0 Å². The Labute approximate surface area is 127 Å². The standard InChI is InChI=1S/C17H13FN2O2/c1-22-16-9-5-4-8-15(16)20-17(21)13(11-19)10-12-6-2-3-7-14(12)18/h2-10H,1H3,(H,20,21)/b13-10+. The van der Waals surface area contributed by atoms with E-state index in [9.17, 15) is 9.18 Å². The molecule has 2 aromatic carbocycles. The van der Waals surface area contributed by atoms with Crippen molar-refractivity contribution in [1.29, 1.82) is 5.26 Å². The van der Waals surface area contributed by atoms with Gasteiger partial charge in [0.2, 0.25) is 0 Å². The lowest BCUT2D eigenvalue weighted by Crippen LogP contribution is -2.14. The number of hydrogen-bond donors (Lipinski definition) is 1. The maximum atomic E-state index is 13.6. The van der Waals surface area contributed by atoms with Crippen LogP contribution in [0.4, 0.5) is 10.1 Å². The van der Waals surface area contributed by atoms with Gasteiger partial charge in [0, 0.05) is 5.56 Å². The smallest absolute Gasteiger partial charge is 0.266 e. The van der Waals surface area contributed by atoms with Crippen LogP contribution < -0.4 is 10.1 Å². The molecule has 0 atom stereocenters. The zero-order chi connectivity index (χ0) is 15.9. The molecular formula is C17H13FN2O2. The molecule has 2 aromatic rings. The van der Waals surface area contributed by atoms with Gasteiger partial charge in [0.05, 0.1) is 12.8 Å². The predicted molar refractivity (Wildman–Crippen MR) is 81.6 cm³/mol. The Kier molecular flexibility index (Phi) is 4.89. The monoisotopic (exact) mass is 296 g/mol. The summed E-state index contributed by atoms with van der Waals surface area (Å²) in [4.78, 5) is 12.1. The lowest BCUT2D eigenvalue weighted by molar-refractivity contribution is -0.112. The number of carbonyl (C=O) groups is 1. The molecule has 0 aliphatic heterocycles. The van der Waals surface area contributed by atoms with Crippen LogP contribution in [-0.2, 0) is 4.79 Å². The molecular weight excluding hydrogens is 283 g/mol. The molecule has 1 amide bonds. The van der Waals surface area contributed by atoms with E-state index in [0.29, 0.717) is 11.4 Å². The molecule has 0 aliphatic carbocycles. The topological polar surface area (TPSA) is 62.1 Å². The van der Waals surface area contributed by atoms with E-state index >= 15 is 0 Å². The molecule has 0 aliphatic rings. The van der Waals surface area contributed by atoms with Crippen molar-refractivity contribution < 1.29 is 13.9 Å². The number of benzene rings is 2. The quantitative estimate of drug-likeness (QED) is 0.695. The summed E-state index contributed by atoms with van der Waals surface area (Å²) in [5, 5.41) is 11.7. The zero-order valence-corrected chi connectivity index (χ0v) is 11.8. The highest BCUT2D eigenvalue weighted by Crippen LogP contribution is 2.23. The number of para-hydroxylation sites is 2. The Hall–Kier alpha value is -3.13. The Morgan fingerprint density at radius 3 is 2.59 bits per heavy atom. The first-order valence-electron chi connectivity index (χ1n) is 6.46. The normalized spacial score (nSPS) is 10.7. The second-order valence-electron chi connectivity index (χ2n) is 4.35. The van der Waals surface area contributed by atoms with Crippen molar-refractivity contribution in [2.75, 3.05) is 12.4 Å². The fourth-order valence-corrected chi connectivity index (χ4v) is 1.83. The highest BCUT2D eigenvalue weighted by molar-refractivity contribution is 6.10. The Balaban J connectivity index is 2.27. The number of anilines is 1. The fraction of sp³-hybridized carbons (Fsp3) is 0.0588. The molecule has 0 bridgehead atoms. The number of ether oxygens (including phenoxy) is 1. The molecule has 0 fully saturated rings. The summed E-state index contributed by atoms with van der Waals surface area (Å²) in [5.74, 6) is -0.658. The first-order valence-corrected chi connectivity index (χ1v) is 6.46. The van der Waals surface area contributed by atoms with Gasteiger partial charge in [0.1, 0.15) is 23.2 Å². The first kappa shape index (κ1) is 15.3. The second-order valence-corrected chi connectivity index (χ2v) is 4.35. The van der Waals surface area contributed by atoms with E-state index in [2.05, 4.69) is 5.32 Å². The summed E-state index contributed by atoms with van der Waals surface area (Å²) in [7, 11) is 1.48. The number of rotatable bonds is 4. The van der Waals surface area contributed by atoms with Crippen LogP contribution >= 0.6 is 0 Å². The molecule has 0 radical (unpaired) electrons. The van der Waals surface area contributed by atoms with E-state index < -0.39 is 11.7 Å². The summed E-state index contributed by atoms with van der Waals surface area (Å²) >= 11 is 0. The first-order chi connectivity index (χ1) is 10.7. The van der Waals surface area contributed by atoms with Gasteiger partial charge in [-0.05, 0) is 24.3 Å². The highest BCUT2D eigenvalue weighted by Gasteiger charge is 2.12. The van der Waals surface area contributed by atoms with Crippen LogP contribution in [0.15, 0.2) is 54.1 Å². The molecule has 22 heavy (non-hydrogen) atoms. The van der Waals surface area contributed by atoms with Crippen LogP contribution in [0.25, 0.3) is 6.08 Å². The summed E-state index contributed by atoms with van der Waals surface area (Å²) < 4.78 is 18.7. The number of methoxy groups -OCH3 is 1. The third-order valence-corrected chi connectivity index (χ3v) is 2.93. The van der Waals surface area contributed by atoms with Gasteiger partial charge in [-0.25, -0.2) is 4.39 Å². The van der Waals surface area contributed by atoms with E-state index in [4.69, 9.17) is 10.00 Å². The lowest BCUT2D eigenvalue weighted by atomic mass is 10.1. The average molecular weight is 296 g/mol. The van der Waals surface area contributed by atoms with Gasteiger partial charge in [-0.2, -0.15) is 5.26 Å². The number of nitriles is 1. The van der Waals surface area contributed by atoms with Crippen LogP contribution in [0, 0.1) is 17.1 Å². The predicted octanol–water partition coefficient (Wildman–Crippen LogP) is 3.38. The Morgan fingerprint density at radius 2 is 1.91 bits per heavy atom. The minimum Gasteiger partial charge on any atom is -0.495 e. The minimum absolute atomic E-state index is 0.175. The molecule has 0 aromatic heterocycles. The molecule has 5 heteroatoms. The van der Waals surface area contributed by atoms with Crippen LogP contribution in [0.3, 0.4) is 0 Å². The van der Waals surface area contributed by atoms with E-state index in [1.807, 2.05) is 0 Å². The summed E-state index contributed by atoms with van der Waals surface area (Å²) in [6.45, 7) is 0. The number of nitrogens with zero attached hydrogens (tertiary/aromatic N) is 1. The van der Waals surface area contributed by atoms with E-state index in [1.54, 1.807) is 36.4 Å². The van der Waals surface area contributed by atoms with Crippen molar-refractivity contribution >= 4 is 17.7 Å². The largest absolute Gasteiger partial charge is 0.495 e. The molecule has 0 spiro atoms. The molecule has 0 unspecified atom stereocenters. The van der Waals surface area contributed by atoms with Gasteiger partial charge < -0.3 is 10.1 Å². The average Bonchev–Trinajstić information content (AvgIpc) is 2.54. The van der Waals surface area contributed by atoms with Crippen LogP contribution in [0.1, 0.15) is 5.56 Å². The van der Waals surface area contributed by atoms with Gasteiger partial charge in [-0.1, -0.05) is 30.3 Å². The van der Waals surface area contributed by atoms with Crippen LogP contribution in [0.2, 0.25) is 0 Å². The van der Waals surface area contributed by atoms with Gasteiger partial charge in [0.25, 0.3) is 5.91 Å². The molecule has 1 N–H and O–H groups in total. The van der Waals surface area contributed by atoms with Crippen molar-refractivity contribution in [3.63, 3.8) is 0 Å². The van der Waals surface area contributed by atoms with Crippen LogP contribution in [-0.4, -0.2) is 13.0 Å². The van der Waals surface area contributed by atoms with E-state index in [0.717, 1.165) is 0 Å². The maximum Gasteiger partial charge on any atom is 0.266 e. The van der Waals surface area contributed by atoms with Crippen molar-refractivity contribution in [3.8, 4) is 11.8 Å². The highest BCUT2D eigenvalue weighted by atomic mass is 19.1. The third-order valence-electron chi connectivity index (χ3n) is 2.93. The SMILES string of the molecule is COc1ccccc1NC(=O)/C(C#N)=C/c1ccccc1F. The number of carbonyl (C=O) groups excluding carboxylic acids is 1. The van der Waals surface area contributed by atoms with Gasteiger partial charge in [0.15, 0.2) is 0 Å². The number of halogens is 1. The number of nitrogens with one attached hydrogen (secondary N) is 1. The summed E-state index contributed by atoms with van der Waals surface area (Å²) in [6.07, 6.45) is 1.21. The Morgan fingerprint density at radius 1 is 1.23 bits per heavy atom. The molecule has 0 saturated carbocycles. The second kappa shape index (κ2) is 7.04. The number of hydrogen-bond acceptors (Lipinski definition) is 3. The molecule has 0 saturated heterocycles. The number of amides is 1. The zero-order valence-electron chi connectivity index (χ0n) is 11.8. The lowest BCUT2D eigenvalue weighted by Gasteiger charge is -2.09. The third kappa shape index (κ3) is 3.49. The van der Waals surface area contributed by atoms with Crippen molar-refractivity contribution in [2.45, 2.75) is 0 Å². The molecule has 0 heterocycles. The van der Waals surface area contributed by atoms with E-state index in [-0.39, 0.29) is 11.1 Å². The molecule has 4 nitrogen and oxygen atoms in total. The molecule has 110 valence electrons. The van der Waals surface area contributed by atoms with Crippen LogP contribution in [0.5, 0.6) is 5.75 Å². The summed E-state index contributed by atoms with van der Waals surface area (Å²) in [6, 6.07) is 14.5. The van der Waals surface area contributed by atoms with Crippen molar-refractivity contribution in [1.82, 2.24) is 0 Å².